The first kappa shape index (κ1) is 19.5. The van der Waals surface area contributed by atoms with Gasteiger partial charge in [-0.15, -0.1) is 24.8 Å². The fraction of sp³-hybridized carbons (Fsp3) is 0.600. The molecular formula is C15H27Cl2N3. The van der Waals surface area contributed by atoms with Crippen molar-refractivity contribution in [3.05, 3.63) is 29.8 Å². The van der Waals surface area contributed by atoms with Gasteiger partial charge in [0.1, 0.15) is 0 Å². The van der Waals surface area contributed by atoms with E-state index in [-0.39, 0.29) is 24.8 Å². The third kappa shape index (κ3) is 5.88. The van der Waals surface area contributed by atoms with Gasteiger partial charge in [-0.3, -0.25) is 4.90 Å². The Morgan fingerprint density at radius 3 is 2.55 bits per heavy atom. The number of piperidine rings is 1. The van der Waals surface area contributed by atoms with Gasteiger partial charge >= 0.3 is 0 Å². The zero-order valence-electron chi connectivity index (χ0n) is 12.2. The Hall–Kier alpha value is -0.480. The molecule has 0 aliphatic carbocycles. The summed E-state index contributed by atoms with van der Waals surface area (Å²) in [5.74, 6) is 0. The van der Waals surface area contributed by atoms with Crippen LogP contribution in [-0.4, -0.2) is 30.6 Å². The molecule has 0 unspecified atom stereocenters. The first-order valence-corrected chi connectivity index (χ1v) is 7.08. The molecule has 1 fully saturated rings. The van der Waals surface area contributed by atoms with Crippen molar-refractivity contribution in [2.24, 2.45) is 0 Å². The molecule has 3 nitrogen and oxygen atoms in total. The van der Waals surface area contributed by atoms with Crippen LogP contribution in [0.5, 0.6) is 0 Å². The molecule has 0 aromatic heterocycles. The molecule has 0 saturated carbocycles. The van der Waals surface area contributed by atoms with Gasteiger partial charge in [-0.25, -0.2) is 0 Å². The Bertz CT molecular complexity index is 368. The number of nitrogens with zero attached hydrogens (tertiary/aromatic N) is 1. The second-order valence-corrected chi connectivity index (χ2v) is 5.20. The minimum Gasteiger partial charge on any atom is -0.399 e. The maximum absolute atomic E-state index is 5.86. The number of hydrogen-bond donors (Lipinski definition) is 2. The van der Waals surface area contributed by atoms with Gasteiger partial charge in [0.25, 0.3) is 0 Å². The van der Waals surface area contributed by atoms with Crippen molar-refractivity contribution in [3.63, 3.8) is 0 Å². The van der Waals surface area contributed by atoms with Gasteiger partial charge in [-0.2, -0.15) is 0 Å². The van der Waals surface area contributed by atoms with E-state index in [0.29, 0.717) is 0 Å². The van der Waals surface area contributed by atoms with Gasteiger partial charge in [0.2, 0.25) is 0 Å². The van der Waals surface area contributed by atoms with Crippen LogP contribution in [0.4, 0.5) is 5.69 Å². The molecule has 0 bridgehead atoms. The Labute approximate surface area is 135 Å². The minimum absolute atomic E-state index is 0. The smallest absolute Gasteiger partial charge is 0.0317 e. The van der Waals surface area contributed by atoms with Crippen LogP contribution in [0.1, 0.15) is 31.7 Å². The molecule has 1 heterocycles. The van der Waals surface area contributed by atoms with Crippen LogP contribution in [0.2, 0.25) is 0 Å². The molecular weight excluding hydrogens is 293 g/mol. The van der Waals surface area contributed by atoms with Crippen molar-refractivity contribution in [2.75, 3.05) is 25.4 Å². The average Bonchev–Trinajstić information content (AvgIpc) is 2.39. The summed E-state index contributed by atoms with van der Waals surface area (Å²) in [5, 5.41) is 3.44. The summed E-state index contributed by atoms with van der Waals surface area (Å²) in [4.78, 5) is 2.62. The van der Waals surface area contributed by atoms with Crippen LogP contribution in [0.15, 0.2) is 24.3 Å². The van der Waals surface area contributed by atoms with Crippen molar-refractivity contribution in [3.8, 4) is 0 Å². The van der Waals surface area contributed by atoms with E-state index >= 15 is 0 Å². The molecule has 0 atom stereocenters. The Morgan fingerprint density at radius 1 is 1.25 bits per heavy atom. The molecule has 0 amide bonds. The highest BCUT2D eigenvalue weighted by Gasteiger charge is 2.20. The zero-order valence-corrected chi connectivity index (χ0v) is 13.8. The van der Waals surface area contributed by atoms with Gasteiger partial charge < -0.3 is 11.1 Å². The molecule has 116 valence electrons. The average molecular weight is 320 g/mol. The SMILES string of the molecule is CCCN(Cc1cccc(N)c1)C1CCNCC1.Cl.Cl. The molecule has 1 aliphatic rings. The van der Waals surface area contributed by atoms with Crippen LogP contribution in [0.3, 0.4) is 0 Å². The zero-order chi connectivity index (χ0) is 12.8. The number of nitrogens with one attached hydrogen (secondary N) is 1. The number of nitrogen functional groups attached to an aromatic ring is 1. The predicted octanol–water partition coefficient (Wildman–Crippen LogP) is 3.08. The molecule has 1 aromatic carbocycles. The molecule has 3 N–H and O–H groups in total. The van der Waals surface area contributed by atoms with Crippen molar-refractivity contribution in [1.82, 2.24) is 10.2 Å². The summed E-state index contributed by atoms with van der Waals surface area (Å²) in [7, 11) is 0. The highest BCUT2D eigenvalue weighted by molar-refractivity contribution is 5.85. The molecule has 0 spiro atoms. The van der Waals surface area contributed by atoms with E-state index in [1.807, 2.05) is 6.07 Å². The molecule has 5 heteroatoms. The van der Waals surface area contributed by atoms with Crippen molar-refractivity contribution >= 4 is 30.5 Å². The second kappa shape index (κ2) is 10.3. The third-order valence-corrected chi connectivity index (χ3v) is 3.67. The number of rotatable bonds is 5. The van der Waals surface area contributed by atoms with Crippen LogP contribution >= 0.6 is 24.8 Å². The molecule has 20 heavy (non-hydrogen) atoms. The van der Waals surface area contributed by atoms with Crippen molar-refractivity contribution in [2.45, 2.75) is 38.8 Å². The van der Waals surface area contributed by atoms with E-state index in [1.54, 1.807) is 0 Å². The Morgan fingerprint density at radius 2 is 1.95 bits per heavy atom. The molecule has 2 rings (SSSR count). The maximum Gasteiger partial charge on any atom is 0.0317 e. The van der Waals surface area contributed by atoms with E-state index < -0.39 is 0 Å². The minimum atomic E-state index is 0. The maximum atomic E-state index is 5.86. The highest BCUT2D eigenvalue weighted by Crippen LogP contribution is 2.17. The lowest BCUT2D eigenvalue weighted by atomic mass is 10.0. The fourth-order valence-electron chi connectivity index (χ4n) is 2.78. The first-order chi connectivity index (χ1) is 8.79. The van der Waals surface area contributed by atoms with E-state index in [0.717, 1.165) is 31.4 Å². The predicted molar refractivity (Wildman–Crippen MR) is 91.9 cm³/mol. The standard InChI is InChI=1S/C15H25N3.2ClH/c1-2-10-18(15-6-8-17-9-7-15)12-13-4-3-5-14(16)11-13;;/h3-5,11,15,17H,2,6-10,12,16H2,1H3;2*1H. The molecule has 1 aliphatic heterocycles. The first-order valence-electron chi connectivity index (χ1n) is 7.08. The summed E-state index contributed by atoms with van der Waals surface area (Å²) >= 11 is 0. The number of nitrogens with two attached hydrogens (primary N) is 1. The summed E-state index contributed by atoms with van der Waals surface area (Å²) in [6, 6.07) is 9.02. The largest absolute Gasteiger partial charge is 0.399 e. The van der Waals surface area contributed by atoms with E-state index in [1.165, 1.54) is 31.4 Å². The van der Waals surface area contributed by atoms with Crippen molar-refractivity contribution < 1.29 is 0 Å². The number of anilines is 1. The number of hydrogen-bond acceptors (Lipinski definition) is 3. The van der Waals surface area contributed by atoms with Crippen molar-refractivity contribution in [1.29, 1.82) is 0 Å². The Balaban J connectivity index is 0.00000180. The van der Waals surface area contributed by atoms with E-state index in [4.69, 9.17) is 5.73 Å². The quantitative estimate of drug-likeness (QED) is 0.819. The van der Waals surface area contributed by atoms with Crippen LogP contribution in [0, 0.1) is 0 Å². The monoisotopic (exact) mass is 319 g/mol. The number of halogens is 2. The Kier molecular flexibility index (Phi) is 10.0. The lowest BCUT2D eigenvalue weighted by molar-refractivity contribution is 0.154. The van der Waals surface area contributed by atoms with E-state index in [9.17, 15) is 0 Å². The van der Waals surface area contributed by atoms with Gasteiger partial charge in [0, 0.05) is 18.3 Å². The lowest BCUT2D eigenvalue weighted by Crippen LogP contribution is -2.43. The normalized spacial score (nSPS) is 15.5. The summed E-state index contributed by atoms with van der Waals surface area (Å²) in [5.41, 5.74) is 8.06. The fourth-order valence-corrected chi connectivity index (χ4v) is 2.78. The topological polar surface area (TPSA) is 41.3 Å². The van der Waals surface area contributed by atoms with Gasteiger partial charge in [0.05, 0.1) is 0 Å². The second-order valence-electron chi connectivity index (χ2n) is 5.20. The van der Waals surface area contributed by atoms with Gasteiger partial charge in [0.15, 0.2) is 0 Å². The lowest BCUT2D eigenvalue weighted by Gasteiger charge is -2.34. The molecule has 1 aromatic rings. The summed E-state index contributed by atoms with van der Waals surface area (Å²) in [6.45, 7) is 6.78. The van der Waals surface area contributed by atoms with Crippen LogP contribution in [-0.2, 0) is 6.54 Å². The van der Waals surface area contributed by atoms with E-state index in [2.05, 4.69) is 35.3 Å². The third-order valence-electron chi connectivity index (χ3n) is 3.67. The summed E-state index contributed by atoms with van der Waals surface area (Å²) in [6.07, 6.45) is 3.75. The molecule has 1 saturated heterocycles. The van der Waals surface area contributed by atoms with Gasteiger partial charge in [-0.1, -0.05) is 19.1 Å². The summed E-state index contributed by atoms with van der Waals surface area (Å²) < 4.78 is 0. The number of benzene rings is 1. The van der Waals surface area contributed by atoms with Crippen LogP contribution < -0.4 is 11.1 Å². The van der Waals surface area contributed by atoms with Crippen LogP contribution in [0.25, 0.3) is 0 Å². The van der Waals surface area contributed by atoms with Gasteiger partial charge in [-0.05, 0) is 56.6 Å². The highest BCUT2D eigenvalue weighted by atomic mass is 35.5. The molecule has 0 radical (unpaired) electrons.